The van der Waals surface area contributed by atoms with E-state index in [-0.39, 0.29) is 11.7 Å². The zero-order valence-corrected chi connectivity index (χ0v) is 19.7. The van der Waals surface area contributed by atoms with Gasteiger partial charge in [-0.25, -0.2) is 13.4 Å². The molecule has 0 unspecified atom stereocenters. The van der Waals surface area contributed by atoms with Crippen molar-refractivity contribution in [2.45, 2.75) is 57.5 Å². The molecule has 4 aliphatic carbocycles. The molecule has 4 aliphatic rings. The van der Waals surface area contributed by atoms with Gasteiger partial charge in [0.25, 0.3) is 0 Å². The lowest BCUT2D eigenvalue weighted by Gasteiger charge is -2.56. The van der Waals surface area contributed by atoms with Gasteiger partial charge >= 0.3 is 0 Å². The minimum atomic E-state index is -4.92. The number of terminal acetylenes is 1. The fourth-order valence-electron chi connectivity index (χ4n) is 6.99. The number of H-pyrrole nitrogens is 1. The van der Waals surface area contributed by atoms with E-state index >= 15 is 0 Å². The van der Waals surface area contributed by atoms with E-state index in [0.717, 1.165) is 32.1 Å². The third-order valence-corrected chi connectivity index (χ3v) is 8.81. The van der Waals surface area contributed by atoms with E-state index in [2.05, 4.69) is 10.9 Å². The lowest BCUT2D eigenvalue weighted by atomic mass is 9.49. The summed E-state index contributed by atoms with van der Waals surface area (Å²) >= 11 is 0. The zero-order valence-electron chi connectivity index (χ0n) is 18.9. The fourth-order valence-corrected chi connectivity index (χ4v) is 7.59. The van der Waals surface area contributed by atoms with E-state index < -0.39 is 21.4 Å². The maximum Gasteiger partial charge on any atom is 0.219 e. The van der Waals surface area contributed by atoms with E-state index in [9.17, 15) is 17.8 Å². The molecule has 6 nitrogen and oxygen atoms in total. The van der Waals surface area contributed by atoms with Crippen LogP contribution in [0.1, 0.15) is 51.9 Å². The quantitative estimate of drug-likeness (QED) is 0.291. The van der Waals surface area contributed by atoms with Crippen LogP contribution in [0.5, 0.6) is 0 Å². The number of rotatable bonds is 3. The summed E-state index contributed by atoms with van der Waals surface area (Å²) in [6, 6.07) is 5.86. The molecule has 7 heteroatoms. The number of hydrogen-bond acceptors (Lipinski definition) is 5. The van der Waals surface area contributed by atoms with Gasteiger partial charge in [-0.05, 0) is 74.3 Å². The highest BCUT2D eigenvalue weighted by atomic mass is 32.3. The van der Waals surface area contributed by atoms with Gasteiger partial charge in [0.1, 0.15) is 0 Å². The lowest BCUT2D eigenvalue weighted by molar-refractivity contribution is -0.377. The summed E-state index contributed by atoms with van der Waals surface area (Å²) in [5.41, 5.74) is -0.761. The topological polar surface area (TPSA) is 97.6 Å². The number of nitrogens with one attached hydrogen (secondary N) is 1. The second-order valence-electron chi connectivity index (χ2n) is 9.58. The first-order valence-electron chi connectivity index (χ1n) is 11.7. The third kappa shape index (κ3) is 4.32. The van der Waals surface area contributed by atoms with Crippen molar-refractivity contribution in [2.75, 3.05) is 0 Å². The number of fused-ring (bicyclic) bond motifs is 5. The molecule has 6 atom stereocenters. The third-order valence-electron chi connectivity index (χ3n) is 8.34. The van der Waals surface area contributed by atoms with E-state index in [1.165, 1.54) is 5.57 Å². The second-order valence-corrected chi connectivity index (χ2v) is 10.6. The van der Waals surface area contributed by atoms with Crippen molar-refractivity contribution in [3.05, 3.63) is 54.4 Å². The number of aromatic nitrogens is 1. The fraction of sp³-hybridized carbons (Fsp3) is 0.538. The Hall–Kier alpha value is -2.27. The molecule has 2 saturated carbocycles. The Balaban J connectivity index is 0.000000376. The first-order valence-corrected chi connectivity index (χ1v) is 13.1. The minimum Gasteiger partial charge on any atom is -0.725 e. The molecular formula is C26H31NO5S. The van der Waals surface area contributed by atoms with Crippen LogP contribution in [0.15, 0.2) is 54.4 Å². The largest absolute Gasteiger partial charge is 0.725 e. The predicted molar refractivity (Wildman–Crippen MR) is 122 cm³/mol. The molecule has 33 heavy (non-hydrogen) atoms. The molecule has 176 valence electrons. The maximum absolute atomic E-state index is 11.8. The van der Waals surface area contributed by atoms with Crippen molar-refractivity contribution in [3.63, 3.8) is 0 Å². The molecule has 0 aromatic carbocycles. The van der Waals surface area contributed by atoms with Crippen molar-refractivity contribution in [3.8, 4) is 12.3 Å². The average Bonchev–Trinajstić information content (AvgIpc) is 3.13. The number of pyridine rings is 1. The highest BCUT2D eigenvalue weighted by molar-refractivity contribution is 7.80. The summed E-state index contributed by atoms with van der Waals surface area (Å²) in [7, 11) is -4.92. The van der Waals surface area contributed by atoms with Gasteiger partial charge in [-0.15, -0.1) is 6.42 Å². The summed E-state index contributed by atoms with van der Waals surface area (Å²) in [5.74, 6) is 4.16. The summed E-state index contributed by atoms with van der Waals surface area (Å²) < 4.78 is 39.4. The van der Waals surface area contributed by atoms with Crippen molar-refractivity contribution in [1.29, 1.82) is 0 Å². The molecule has 5 rings (SSSR count). The predicted octanol–water partition coefficient (Wildman–Crippen LogP) is 3.64. The first kappa shape index (κ1) is 23.9. The Labute approximate surface area is 196 Å². The SMILES string of the molecule is C#C[C@]1(OS(=O)(=O)[O-])C=C[C@H]2[C@@H]3CCC4=CC(=O)CC[C@@H]4[C@H]3CC[C@@]21CC.c1cc[nH+]cc1. The average molecular weight is 470 g/mol. The second kappa shape index (κ2) is 9.17. The van der Waals surface area contributed by atoms with Crippen LogP contribution in [0.3, 0.4) is 0 Å². The highest BCUT2D eigenvalue weighted by Crippen LogP contribution is 2.64. The molecule has 0 amide bonds. The number of allylic oxidation sites excluding steroid dienone is 3. The van der Waals surface area contributed by atoms with Crippen LogP contribution in [-0.4, -0.2) is 24.4 Å². The van der Waals surface area contributed by atoms with Gasteiger partial charge in [-0.2, -0.15) is 0 Å². The van der Waals surface area contributed by atoms with E-state index in [4.69, 9.17) is 10.6 Å². The Bertz CT molecular complexity index is 1060. The van der Waals surface area contributed by atoms with Crippen LogP contribution in [-0.2, 0) is 19.4 Å². The van der Waals surface area contributed by atoms with Gasteiger partial charge in [0, 0.05) is 24.0 Å². The molecule has 0 bridgehead atoms. The number of hydrogen-bond donors (Lipinski definition) is 0. The van der Waals surface area contributed by atoms with Crippen LogP contribution < -0.4 is 4.98 Å². The van der Waals surface area contributed by atoms with E-state index in [1.54, 1.807) is 6.08 Å². The highest BCUT2D eigenvalue weighted by Gasteiger charge is 2.63. The normalized spacial score (nSPS) is 36.9. The Morgan fingerprint density at radius 2 is 1.94 bits per heavy atom. The van der Waals surface area contributed by atoms with Crippen LogP contribution >= 0.6 is 0 Å². The Kier molecular flexibility index (Phi) is 6.63. The van der Waals surface area contributed by atoms with Crippen molar-refractivity contribution in [1.82, 2.24) is 0 Å². The van der Waals surface area contributed by atoms with Gasteiger partial charge in [0.15, 0.2) is 23.8 Å². The van der Waals surface area contributed by atoms with Crippen LogP contribution in [0.4, 0.5) is 0 Å². The minimum absolute atomic E-state index is 0.0956. The maximum atomic E-state index is 11.8. The summed E-state index contributed by atoms with van der Waals surface area (Å²) in [5, 5.41) is 0. The summed E-state index contributed by atoms with van der Waals surface area (Å²) in [4.78, 5) is 14.7. The van der Waals surface area contributed by atoms with Crippen molar-refractivity contribution >= 4 is 16.2 Å². The first-order chi connectivity index (χ1) is 15.8. The molecule has 1 aromatic rings. The van der Waals surface area contributed by atoms with Gasteiger partial charge in [-0.1, -0.05) is 30.6 Å². The Morgan fingerprint density at radius 3 is 2.52 bits per heavy atom. The molecular weight excluding hydrogens is 438 g/mol. The van der Waals surface area contributed by atoms with Crippen LogP contribution in [0, 0.1) is 41.4 Å². The molecule has 1 N–H and O–H groups in total. The lowest BCUT2D eigenvalue weighted by Crippen LogP contribution is -2.55. The number of ketones is 1. The van der Waals surface area contributed by atoms with Gasteiger partial charge in [0.05, 0.1) is 0 Å². The van der Waals surface area contributed by atoms with Crippen molar-refractivity contribution < 1.29 is 26.9 Å². The summed E-state index contributed by atoms with van der Waals surface area (Å²) in [6.45, 7) is 2.00. The molecule has 0 aliphatic heterocycles. The molecule has 0 radical (unpaired) electrons. The monoisotopic (exact) mass is 469 g/mol. The van der Waals surface area contributed by atoms with Gasteiger partial charge in [0.2, 0.25) is 10.4 Å². The standard InChI is InChI=1S/C21H26O5S.C5H5N/c1-3-20-11-9-17-16-8-6-15(22)13-14(16)5-7-18(17)19(20)10-12-21(20,4-2)26-27(23,24)25;1-2-4-6-5-3-1/h2,10,12-13,16-19H,3,5-9,11H2,1H3,(H,23,24,25);1-5H/t16-,17+,18+,19-,20-,21-;/m0./s1. The van der Waals surface area contributed by atoms with Crippen LogP contribution in [0.25, 0.3) is 0 Å². The zero-order chi connectivity index (χ0) is 23.7. The van der Waals surface area contributed by atoms with Crippen molar-refractivity contribution in [2.24, 2.45) is 29.1 Å². The van der Waals surface area contributed by atoms with Crippen LogP contribution in [0.2, 0.25) is 0 Å². The van der Waals surface area contributed by atoms with E-state index in [1.807, 2.05) is 49.7 Å². The summed E-state index contributed by atoms with van der Waals surface area (Å²) in [6.07, 6.45) is 20.7. The molecule has 1 heterocycles. The molecule has 1 aromatic heterocycles. The van der Waals surface area contributed by atoms with E-state index in [0.29, 0.717) is 30.6 Å². The number of aromatic amines is 1. The van der Waals surface area contributed by atoms with Gasteiger partial charge < -0.3 is 4.55 Å². The number of carbonyl (C=O) groups is 1. The molecule has 0 saturated heterocycles. The van der Waals surface area contributed by atoms with Gasteiger partial charge in [-0.3, -0.25) is 8.98 Å². The number of carbonyl (C=O) groups excluding carboxylic acids is 1. The Morgan fingerprint density at radius 1 is 1.18 bits per heavy atom. The smallest absolute Gasteiger partial charge is 0.219 e. The molecule has 0 spiro atoms. The molecule has 2 fully saturated rings.